The van der Waals surface area contributed by atoms with Crippen LogP contribution in [-0.4, -0.2) is 37.2 Å². The van der Waals surface area contributed by atoms with Crippen molar-refractivity contribution in [2.45, 2.75) is 323 Å². The average molecular weight is 877 g/mol. The van der Waals surface area contributed by atoms with Gasteiger partial charge in [0.15, 0.2) is 6.10 Å². The van der Waals surface area contributed by atoms with E-state index in [0.717, 1.165) is 63.7 Å². The summed E-state index contributed by atoms with van der Waals surface area (Å²) in [5.74, 6) is -0.0340. The highest BCUT2D eigenvalue weighted by Gasteiger charge is 2.19. The van der Waals surface area contributed by atoms with E-state index in [1.807, 2.05) is 0 Å². The highest BCUT2D eigenvalue weighted by atomic mass is 16.6. The maximum atomic E-state index is 12.8. The van der Waals surface area contributed by atoms with Crippen LogP contribution in [0.5, 0.6) is 0 Å². The molecule has 0 N–H and O–H groups in total. The summed E-state index contributed by atoms with van der Waals surface area (Å²) >= 11 is 0. The Morgan fingerprint density at radius 3 is 0.790 bits per heavy atom. The van der Waals surface area contributed by atoms with Crippen molar-refractivity contribution >= 4 is 17.9 Å². The van der Waals surface area contributed by atoms with Gasteiger partial charge < -0.3 is 14.2 Å². The summed E-state index contributed by atoms with van der Waals surface area (Å²) in [6.07, 6.45) is 53.8. The molecule has 0 saturated carbocycles. The van der Waals surface area contributed by atoms with Crippen LogP contribution in [0.3, 0.4) is 0 Å². The van der Waals surface area contributed by atoms with Crippen molar-refractivity contribution < 1.29 is 28.6 Å². The van der Waals surface area contributed by atoms with E-state index in [0.29, 0.717) is 19.3 Å². The summed E-state index contributed by atoms with van der Waals surface area (Å²) in [6, 6.07) is 0. The summed E-state index contributed by atoms with van der Waals surface area (Å²) < 4.78 is 16.9. The quantitative estimate of drug-likeness (QED) is 0.0344. The van der Waals surface area contributed by atoms with Gasteiger partial charge in [-0.2, -0.15) is 0 Å². The fourth-order valence-corrected chi connectivity index (χ4v) is 8.57. The maximum absolute atomic E-state index is 12.8. The number of hydrogen-bond donors (Lipinski definition) is 0. The summed E-state index contributed by atoms with van der Waals surface area (Å²) in [5, 5.41) is 0. The van der Waals surface area contributed by atoms with Gasteiger partial charge in [-0.05, 0) is 25.2 Å². The molecular formula is C56H108O6. The Hall–Kier alpha value is -1.59. The molecule has 0 aromatic carbocycles. The Kier molecular flexibility index (Phi) is 49.1. The molecule has 0 fully saturated rings. The molecule has 0 aromatic heterocycles. The van der Waals surface area contributed by atoms with Gasteiger partial charge in [-0.25, -0.2) is 0 Å². The molecule has 6 heteroatoms. The molecular weight excluding hydrogens is 769 g/mol. The lowest BCUT2D eigenvalue weighted by Crippen LogP contribution is -2.30. The minimum absolute atomic E-state index is 0.0626. The minimum Gasteiger partial charge on any atom is -0.462 e. The zero-order valence-corrected chi connectivity index (χ0v) is 42.3. The SMILES string of the molecule is CCCCCCCCCCCCCCCCCCCC(=O)OC[C@H](COC(=O)CCCCCCCCCCCCCCCCC)OC(=O)CCCCCCCCCCCC(C)C. The van der Waals surface area contributed by atoms with Crippen LogP contribution in [0, 0.1) is 5.92 Å². The van der Waals surface area contributed by atoms with Crippen molar-refractivity contribution in [3.63, 3.8) is 0 Å². The van der Waals surface area contributed by atoms with Crippen molar-refractivity contribution in [2.75, 3.05) is 13.2 Å². The van der Waals surface area contributed by atoms with Gasteiger partial charge in [0.2, 0.25) is 0 Å². The molecule has 0 spiro atoms. The van der Waals surface area contributed by atoms with E-state index in [2.05, 4.69) is 27.7 Å². The predicted octanol–water partition coefficient (Wildman–Crippen LogP) is 18.2. The Bertz CT molecular complexity index is 933. The zero-order chi connectivity index (χ0) is 45.2. The summed E-state index contributed by atoms with van der Waals surface area (Å²) in [4.78, 5) is 38.0. The normalized spacial score (nSPS) is 12.0. The van der Waals surface area contributed by atoms with Crippen LogP contribution in [0.1, 0.15) is 317 Å². The summed E-state index contributed by atoms with van der Waals surface area (Å²) in [7, 11) is 0. The maximum Gasteiger partial charge on any atom is 0.306 e. The lowest BCUT2D eigenvalue weighted by Gasteiger charge is -2.18. The third-order valence-electron chi connectivity index (χ3n) is 12.8. The molecule has 0 unspecified atom stereocenters. The molecule has 62 heavy (non-hydrogen) atoms. The van der Waals surface area contributed by atoms with Crippen molar-refractivity contribution in [2.24, 2.45) is 5.92 Å². The number of ether oxygens (including phenoxy) is 3. The lowest BCUT2D eigenvalue weighted by atomic mass is 10.0. The van der Waals surface area contributed by atoms with E-state index in [1.165, 1.54) is 212 Å². The first-order valence-electron chi connectivity index (χ1n) is 27.9. The van der Waals surface area contributed by atoms with Crippen LogP contribution in [0.2, 0.25) is 0 Å². The second kappa shape index (κ2) is 50.4. The molecule has 6 nitrogen and oxygen atoms in total. The summed E-state index contributed by atoms with van der Waals surface area (Å²) in [5.41, 5.74) is 0. The predicted molar refractivity (Wildman–Crippen MR) is 266 cm³/mol. The molecule has 0 rings (SSSR count). The van der Waals surface area contributed by atoms with Gasteiger partial charge in [0.1, 0.15) is 13.2 Å². The highest BCUT2D eigenvalue weighted by molar-refractivity contribution is 5.71. The molecule has 0 bridgehead atoms. The van der Waals surface area contributed by atoms with Crippen molar-refractivity contribution in [3.05, 3.63) is 0 Å². The van der Waals surface area contributed by atoms with E-state index in [1.54, 1.807) is 0 Å². The first-order chi connectivity index (χ1) is 30.4. The van der Waals surface area contributed by atoms with Crippen LogP contribution in [0.15, 0.2) is 0 Å². The van der Waals surface area contributed by atoms with Gasteiger partial charge in [-0.3, -0.25) is 14.4 Å². The highest BCUT2D eigenvalue weighted by Crippen LogP contribution is 2.18. The largest absolute Gasteiger partial charge is 0.462 e. The lowest BCUT2D eigenvalue weighted by molar-refractivity contribution is -0.167. The first kappa shape index (κ1) is 60.4. The van der Waals surface area contributed by atoms with Gasteiger partial charge in [-0.15, -0.1) is 0 Å². The Balaban J connectivity index is 4.27. The third kappa shape index (κ3) is 49.4. The molecule has 0 heterocycles. The number of carbonyl (C=O) groups is 3. The molecule has 0 saturated heterocycles. The molecule has 1 atom stereocenters. The van der Waals surface area contributed by atoms with Crippen LogP contribution < -0.4 is 0 Å². The molecule has 368 valence electrons. The third-order valence-corrected chi connectivity index (χ3v) is 12.8. The molecule has 0 aliphatic heterocycles. The van der Waals surface area contributed by atoms with Crippen molar-refractivity contribution in [1.82, 2.24) is 0 Å². The topological polar surface area (TPSA) is 78.9 Å². The monoisotopic (exact) mass is 877 g/mol. The van der Waals surface area contributed by atoms with Gasteiger partial charge in [0, 0.05) is 19.3 Å². The number of rotatable bonds is 51. The number of carbonyl (C=O) groups excluding carboxylic acids is 3. The first-order valence-corrected chi connectivity index (χ1v) is 27.9. The Morgan fingerprint density at radius 2 is 0.532 bits per heavy atom. The van der Waals surface area contributed by atoms with Crippen LogP contribution in [-0.2, 0) is 28.6 Å². The van der Waals surface area contributed by atoms with E-state index < -0.39 is 6.10 Å². The van der Waals surface area contributed by atoms with E-state index in [-0.39, 0.29) is 31.1 Å². The van der Waals surface area contributed by atoms with E-state index >= 15 is 0 Å². The fraction of sp³-hybridized carbons (Fsp3) is 0.946. The number of hydrogen-bond acceptors (Lipinski definition) is 6. The van der Waals surface area contributed by atoms with Crippen LogP contribution in [0.4, 0.5) is 0 Å². The Morgan fingerprint density at radius 1 is 0.306 bits per heavy atom. The van der Waals surface area contributed by atoms with Gasteiger partial charge >= 0.3 is 17.9 Å². The molecule has 0 radical (unpaired) electrons. The fourth-order valence-electron chi connectivity index (χ4n) is 8.57. The smallest absolute Gasteiger partial charge is 0.306 e. The minimum atomic E-state index is -0.761. The molecule has 0 aromatic rings. The zero-order valence-electron chi connectivity index (χ0n) is 42.3. The molecule has 0 aliphatic rings. The Labute approximate surface area is 387 Å². The second-order valence-corrected chi connectivity index (χ2v) is 19.7. The van der Waals surface area contributed by atoms with Gasteiger partial charge in [-0.1, -0.05) is 278 Å². The van der Waals surface area contributed by atoms with Gasteiger partial charge in [0.05, 0.1) is 0 Å². The average Bonchev–Trinajstić information content (AvgIpc) is 3.26. The summed E-state index contributed by atoms with van der Waals surface area (Å²) in [6.45, 7) is 9.03. The van der Waals surface area contributed by atoms with Gasteiger partial charge in [0.25, 0.3) is 0 Å². The van der Waals surface area contributed by atoms with Crippen molar-refractivity contribution in [1.29, 1.82) is 0 Å². The molecule has 0 amide bonds. The van der Waals surface area contributed by atoms with Crippen molar-refractivity contribution in [3.8, 4) is 0 Å². The standard InChI is InChI=1S/C56H108O6/c1-5-7-9-11-13-15-17-19-21-22-24-26-28-32-36-40-44-48-55(58)61-51-53(62-56(59)49-45-41-37-33-29-30-34-38-42-46-52(3)4)50-60-54(57)47-43-39-35-31-27-25-23-20-18-16-14-12-10-8-6-2/h52-53H,5-51H2,1-4H3/t53-/m0/s1. The van der Waals surface area contributed by atoms with E-state index in [9.17, 15) is 14.4 Å². The number of unbranched alkanes of at least 4 members (excludes halogenated alkanes) is 38. The van der Waals surface area contributed by atoms with E-state index in [4.69, 9.17) is 14.2 Å². The van der Waals surface area contributed by atoms with Crippen LogP contribution in [0.25, 0.3) is 0 Å². The van der Waals surface area contributed by atoms with Crippen LogP contribution >= 0.6 is 0 Å². The second-order valence-electron chi connectivity index (χ2n) is 19.7. The molecule has 0 aliphatic carbocycles. The number of esters is 3.